The zero-order chi connectivity index (χ0) is 5.21. The van der Waals surface area contributed by atoms with Gasteiger partial charge in [-0.1, -0.05) is 0 Å². The molecule has 0 aliphatic heterocycles. The number of hydrogen-bond donors (Lipinski definition) is 2. The molecule has 3 heteroatoms. The average molecular weight is 109 g/mol. The topological polar surface area (TPSA) is 12.0 Å². The van der Waals surface area contributed by atoms with Gasteiger partial charge in [-0.15, -0.1) is 10.0 Å². The number of hydrogen-bond acceptors (Lipinski definition) is 2. The van der Waals surface area contributed by atoms with Gasteiger partial charge in [-0.3, -0.25) is 0 Å². The van der Waals surface area contributed by atoms with Crippen molar-refractivity contribution in [1.29, 1.82) is 0 Å². The zero-order valence-corrected chi connectivity index (χ0v) is 4.72. The number of thiol groups is 1. The maximum Gasteiger partial charge on any atom is 0.0846 e. The Kier molecular flexibility index (Phi) is 1.87. The van der Waals surface area contributed by atoms with E-state index in [1.54, 1.807) is 13.8 Å². The lowest BCUT2D eigenvalue weighted by molar-refractivity contribution is 0.274. The highest BCUT2D eigenvalue weighted by molar-refractivity contribution is 7.81. The Morgan fingerprint density at radius 1 is 1.67 bits per heavy atom. The van der Waals surface area contributed by atoms with Crippen LogP contribution in [-0.2, 0) is 0 Å². The highest BCUT2D eigenvalue weighted by Gasteiger charge is 2.06. The Balaban J connectivity index is 3.17. The van der Waals surface area contributed by atoms with Crippen molar-refractivity contribution in [3.63, 3.8) is 0 Å². The van der Waals surface area contributed by atoms with Crippen molar-refractivity contribution in [2.75, 3.05) is 0 Å². The first kappa shape index (κ1) is 6.24. The van der Waals surface area contributed by atoms with Crippen molar-refractivity contribution < 1.29 is 4.48 Å². The second-order valence-corrected chi connectivity index (χ2v) is 2.77. The predicted molar refractivity (Wildman–Crippen MR) is 27.3 cm³/mol. The minimum Gasteiger partial charge on any atom is -0.155 e. The molecule has 0 saturated carbocycles. The summed E-state index contributed by atoms with van der Waals surface area (Å²) in [6.45, 7) is 3.24. The van der Waals surface area contributed by atoms with Crippen LogP contribution >= 0.6 is 12.6 Å². The van der Waals surface area contributed by atoms with Gasteiger partial charge >= 0.3 is 0 Å². The quantitative estimate of drug-likeness (QED) is 0.292. The van der Waals surface area contributed by atoms with Crippen molar-refractivity contribution in [3.8, 4) is 0 Å². The molecule has 1 N–H and O–H groups in total. The first-order chi connectivity index (χ1) is 2.56. The van der Waals surface area contributed by atoms with Crippen molar-refractivity contribution >= 4 is 12.6 Å². The third kappa shape index (κ3) is 4.24. The van der Waals surface area contributed by atoms with Gasteiger partial charge in [0, 0.05) is 0 Å². The van der Waals surface area contributed by atoms with Gasteiger partial charge in [-0.2, -0.15) is 12.6 Å². The molecule has 0 radical (unpaired) electrons. The fourth-order valence-electron chi connectivity index (χ4n) is 0. The molecule has 0 aromatic carbocycles. The lowest BCUT2D eigenvalue weighted by Crippen LogP contribution is -2.25. The predicted octanol–water partition coefficient (Wildman–Crippen LogP) is 1.13. The van der Waals surface area contributed by atoms with Crippen molar-refractivity contribution in [2.45, 2.75) is 18.7 Å². The highest BCUT2D eigenvalue weighted by atomic mass is 32.1. The van der Waals surface area contributed by atoms with E-state index in [0.29, 0.717) is 0 Å². The number of nitrogens with one attached hydrogen (secondary N) is 1. The van der Waals surface area contributed by atoms with Gasteiger partial charge in [0.15, 0.2) is 0 Å². The third-order valence-corrected chi connectivity index (χ3v) is 0.316. The van der Waals surface area contributed by atoms with E-state index in [4.69, 9.17) is 0 Å². The largest absolute Gasteiger partial charge is 0.155 e. The maximum absolute atomic E-state index is 11.2. The Labute approximate surface area is 42.3 Å². The minimum atomic E-state index is -0.681. The summed E-state index contributed by atoms with van der Waals surface area (Å²) in [6.07, 6.45) is 0. The van der Waals surface area contributed by atoms with Gasteiger partial charge in [0.1, 0.15) is 0 Å². The Morgan fingerprint density at radius 2 is 1.83 bits per heavy atom. The van der Waals surface area contributed by atoms with Crippen LogP contribution in [0.3, 0.4) is 0 Å². The second-order valence-electron chi connectivity index (χ2n) is 1.65. The van der Waals surface area contributed by atoms with Gasteiger partial charge in [0.05, 0.1) is 4.87 Å². The van der Waals surface area contributed by atoms with Gasteiger partial charge in [0.25, 0.3) is 0 Å². The van der Waals surface area contributed by atoms with Crippen LogP contribution in [0.2, 0.25) is 0 Å². The van der Waals surface area contributed by atoms with E-state index in [2.05, 4.69) is 12.6 Å². The molecule has 0 amide bonds. The zero-order valence-electron chi connectivity index (χ0n) is 3.83. The fraction of sp³-hybridized carbons (Fsp3) is 1.00. The Morgan fingerprint density at radius 3 is 1.83 bits per heavy atom. The molecule has 0 aromatic rings. The SMILES string of the molecule is CC(C)(S)NF. The second kappa shape index (κ2) is 1.80. The summed E-state index contributed by atoms with van der Waals surface area (Å²) in [5.74, 6) is 0. The fourth-order valence-corrected chi connectivity index (χ4v) is 0. The molecular weight excluding hydrogens is 101 g/mol. The van der Waals surface area contributed by atoms with E-state index in [-0.39, 0.29) is 0 Å². The van der Waals surface area contributed by atoms with Gasteiger partial charge < -0.3 is 0 Å². The van der Waals surface area contributed by atoms with E-state index in [1.807, 2.05) is 0 Å². The van der Waals surface area contributed by atoms with Gasteiger partial charge in [-0.25, -0.2) is 0 Å². The molecular formula is C3H8FNS. The maximum atomic E-state index is 11.2. The van der Waals surface area contributed by atoms with Gasteiger partial charge in [-0.05, 0) is 13.8 Å². The minimum absolute atomic E-state index is 0.681. The molecule has 0 fully saturated rings. The molecule has 0 rings (SSSR count). The highest BCUT2D eigenvalue weighted by Crippen LogP contribution is 2.04. The molecule has 0 saturated heterocycles. The lowest BCUT2D eigenvalue weighted by atomic mass is 10.4. The summed E-state index contributed by atoms with van der Waals surface area (Å²) >= 11 is 3.77. The first-order valence-corrected chi connectivity index (χ1v) is 2.11. The van der Waals surface area contributed by atoms with Crippen LogP contribution < -0.4 is 5.54 Å². The lowest BCUT2D eigenvalue weighted by Gasteiger charge is -2.09. The van der Waals surface area contributed by atoms with E-state index in [9.17, 15) is 4.48 Å². The molecule has 0 spiro atoms. The van der Waals surface area contributed by atoms with Crippen molar-refractivity contribution in [1.82, 2.24) is 5.54 Å². The summed E-state index contributed by atoms with van der Waals surface area (Å²) in [5, 5.41) is 0. The van der Waals surface area contributed by atoms with Crippen molar-refractivity contribution in [3.05, 3.63) is 0 Å². The van der Waals surface area contributed by atoms with Crippen LogP contribution in [0, 0.1) is 0 Å². The number of halogens is 1. The van der Waals surface area contributed by atoms with Gasteiger partial charge in [0.2, 0.25) is 0 Å². The summed E-state index contributed by atoms with van der Waals surface area (Å²) in [6, 6.07) is 0. The molecule has 0 atom stereocenters. The monoisotopic (exact) mass is 109 g/mol. The van der Waals surface area contributed by atoms with Crippen LogP contribution in [0.5, 0.6) is 0 Å². The normalized spacial score (nSPS) is 12.0. The Hall–Kier alpha value is 0.240. The van der Waals surface area contributed by atoms with E-state index < -0.39 is 4.87 Å². The van der Waals surface area contributed by atoms with E-state index in [0.717, 1.165) is 0 Å². The van der Waals surface area contributed by atoms with E-state index >= 15 is 0 Å². The Bertz CT molecular complexity index is 40.5. The number of rotatable bonds is 1. The molecule has 6 heavy (non-hydrogen) atoms. The molecule has 1 nitrogen and oxygen atoms in total. The molecule has 0 aliphatic rings. The molecule has 0 aromatic heterocycles. The molecule has 38 valence electrons. The van der Waals surface area contributed by atoms with Crippen LogP contribution in [0.1, 0.15) is 13.8 Å². The standard InChI is InChI=1S/C3H8FNS/c1-3(2,6)5-4/h5-6H,1-2H3. The third-order valence-electron chi connectivity index (χ3n) is 0.231. The summed E-state index contributed by atoms with van der Waals surface area (Å²) in [5.41, 5.74) is 1.47. The van der Waals surface area contributed by atoms with Crippen molar-refractivity contribution in [2.24, 2.45) is 0 Å². The van der Waals surface area contributed by atoms with Crippen LogP contribution in [-0.4, -0.2) is 4.87 Å². The summed E-state index contributed by atoms with van der Waals surface area (Å²) in [7, 11) is 0. The summed E-state index contributed by atoms with van der Waals surface area (Å²) < 4.78 is 11.2. The van der Waals surface area contributed by atoms with Crippen LogP contribution in [0.25, 0.3) is 0 Å². The van der Waals surface area contributed by atoms with E-state index in [1.165, 1.54) is 5.54 Å². The van der Waals surface area contributed by atoms with Crippen LogP contribution in [0.4, 0.5) is 4.48 Å². The molecule has 0 heterocycles. The molecule has 0 bridgehead atoms. The smallest absolute Gasteiger partial charge is 0.0846 e. The van der Waals surface area contributed by atoms with Crippen LogP contribution in [0.15, 0.2) is 0 Å². The first-order valence-electron chi connectivity index (χ1n) is 1.66. The summed E-state index contributed by atoms with van der Waals surface area (Å²) in [4.78, 5) is -0.681. The molecule has 0 unspecified atom stereocenters. The molecule has 0 aliphatic carbocycles. The average Bonchev–Trinajstić information content (AvgIpc) is 1.35.